The number of nitrogens with zero attached hydrogens (tertiary/aromatic N) is 1. The molecule has 1 fully saturated rings. The highest BCUT2D eigenvalue weighted by molar-refractivity contribution is 6.42. The molecule has 1 saturated heterocycles. The van der Waals surface area contributed by atoms with Gasteiger partial charge in [-0.2, -0.15) is 0 Å². The number of rotatable bonds is 8. The van der Waals surface area contributed by atoms with Crippen LogP contribution in [-0.2, 0) is 17.9 Å². The predicted molar refractivity (Wildman–Crippen MR) is 136 cm³/mol. The molecule has 0 atom stereocenters. The fourth-order valence-corrected chi connectivity index (χ4v) is 4.22. The first-order chi connectivity index (χ1) is 16.0. The van der Waals surface area contributed by atoms with Crippen LogP contribution in [0.2, 0.25) is 15.1 Å². The maximum absolute atomic E-state index is 6.53. The molecule has 0 amide bonds. The third-order valence-corrected chi connectivity index (χ3v) is 6.42. The molecule has 4 rings (SSSR count). The van der Waals surface area contributed by atoms with Gasteiger partial charge in [-0.15, -0.1) is 0 Å². The van der Waals surface area contributed by atoms with Gasteiger partial charge in [-0.25, -0.2) is 0 Å². The van der Waals surface area contributed by atoms with Gasteiger partial charge in [0.1, 0.15) is 6.61 Å². The Balaban J connectivity index is 1.39. The van der Waals surface area contributed by atoms with Crippen molar-refractivity contribution in [3.05, 3.63) is 80.8 Å². The average Bonchev–Trinajstić information content (AvgIpc) is 2.84. The Morgan fingerprint density at radius 2 is 1.61 bits per heavy atom. The SMILES string of the molecule is COc1cc(CNc2ccc(N3CCOCC3)cc2)cc(Cl)c1OCc1ccc(Cl)c(Cl)c1. The number of anilines is 2. The fraction of sp³-hybridized carbons (Fsp3) is 0.280. The van der Waals surface area contributed by atoms with Gasteiger partial charge in [-0.1, -0.05) is 40.9 Å². The van der Waals surface area contributed by atoms with Crippen LogP contribution < -0.4 is 19.7 Å². The van der Waals surface area contributed by atoms with Crippen LogP contribution in [0, 0.1) is 0 Å². The summed E-state index contributed by atoms with van der Waals surface area (Å²) in [6.45, 7) is 4.28. The molecule has 1 aliphatic heterocycles. The molecule has 33 heavy (non-hydrogen) atoms. The zero-order valence-electron chi connectivity index (χ0n) is 18.2. The second-order valence-electron chi connectivity index (χ2n) is 7.65. The number of morpholine rings is 1. The van der Waals surface area contributed by atoms with Gasteiger partial charge in [0.05, 0.1) is 35.4 Å². The summed E-state index contributed by atoms with van der Waals surface area (Å²) in [5, 5.41) is 4.90. The molecule has 1 aliphatic rings. The highest BCUT2D eigenvalue weighted by atomic mass is 35.5. The molecule has 1 N–H and O–H groups in total. The van der Waals surface area contributed by atoms with E-state index in [1.165, 1.54) is 5.69 Å². The molecule has 0 bridgehead atoms. The van der Waals surface area contributed by atoms with Crippen LogP contribution in [0.5, 0.6) is 11.5 Å². The minimum absolute atomic E-state index is 0.292. The molecule has 3 aromatic carbocycles. The zero-order valence-corrected chi connectivity index (χ0v) is 20.5. The van der Waals surface area contributed by atoms with E-state index in [9.17, 15) is 0 Å². The number of halogens is 3. The number of nitrogens with one attached hydrogen (secondary N) is 1. The van der Waals surface area contributed by atoms with Gasteiger partial charge in [0.15, 0.2) is 11.5 Å². The van der Waals surface area contributed by atoms with Crippen LogP contribution in [0.15, 0.2) is 54.6 Å². The van der Waals surface area contributed by atoms with Gasteiger partial charge in [-0.3, -0.25) is 0 Å². The summed E-state index contributed by atoms with van der Waals surface area (Å²) in [6.07, 6.45) is 0. The van der Waals surface area contributed by atoms with Crippen LogP contribution in [0.25, 0.3) is 0 Å². The second kappa shape index (κ2) is 11.2. The molecule has 174 valence electrons. The summed E-state index contributed by atoms with van der Waals surface area (Å²) < 4.78 is 16.9. The van der Waals surface area contributed by atoms with Crippen LogP contribution in [0.1, 0.15) is 11.1 Å². The number of benzene rings is 3. The highest BCUT2D eigenvalue weighted by Crippen LogP contribution is 2.37. The summed E-state index contributed by atoms with van der Waals surface area (Å²) in [7, 11) is 1.60. The summed E-state index contributed by atoms with van der Waals surface area (Å²) in [5.74, 6) is 1.06. The van der Waals surface area contributed by atoms with Crippen molar-refractivity contribution in [2.24, 2.45) is 0 Å². The molecule has 0 saturated carbocycles. The Kier molecular flexibility index (Phi) is 8.10. The van der Waals surface area contributed by atoms with E-state index in [2.05, 4.69) is 34.5 Å². The molecule has 0 radical (unpaired) electrons. The third kappa shape index (κ3) is 6.18. The van der Waals surface area contributed by atoms with Crippen molar-refractivity contribution in [1.29, 1.82) is 0 Å². The molecule has 0 unspecified atom stereocenters. The normalized spacial score (nSPS) is 13.6. The van der Waals surface area contributed by atoms with Gasteiger partial charge < -0.3 is 24.4 Å². The molecule has 5 nitrogen and oxygen atoms in total. The lowest BCUT2D eigenvalue weighted by Crippen LogP contribution is -2.36. The lowest BCUT2D eigenvalue weighted by atomic mass is 10.2. The predicted octanol–water partition coefficient (Wildman–Crippen LogP) is 6.68. The Labute approximate surface area is 209 Å². The largest absolute Gasteiger partial charge is 0.493 e. The van der Waals surface area contributed by atoms with Gasteiger partial charge >= 0.3 is 0 Å². The van der Waals surface area contributed by atoms with Crippen molar-refractivity contribution in [2.75, 3.05) is 43.6 Å². The van der Waals surface area contributed by atoms with E-state index in [0.717, 1.165) is 43.1 Å². The van der Waals surface area contributed by atoms with E-state index in [0.29, 0.717) is 39.7 Å². The van der Waals surface area contributed by atoms with Crippen molar-refractivity contribution >= 4 is 46.2 Å². The van der Waals surface area contributed by atoms with Crippen LogP contribution in [0.4, 0.5) is 11.4 Å². The number of methoxy groups -OCH3 is 1. The van der Waals surface area contributed by atoms with Crippen molar-refractivity contribution in [3.8, 4) is 11.5 Å². The first-order valence-electron chi connectivity index (χ1n) is 10.6. The van der Waals surface area contributed by atoms with E-state index in [1.807, 2.05) is 18.2 Å². The Hall–Kier alpha value is -2.31. The Morgan fingerprint density at radius 1 is 0.879 bits per heavy atom. The van der Waals surface area contributed by atoms with Crippen LogP contribution in [-0.4, -0.2) is 33.4 Å². The summed E-state index contributed by atoms with van der Waals surface area (Å²) in [5.41, 5.74) is 4.10. The Bertz CT molecular complexity index is 1090. The Morgan fingerprint density at radius 3 is 2.30 bits per heavy atom. The van der Waals surface area contributed by atoms with Gasteiger partial charge in [0.25, 0.3) is 0 Å². The molecule has 0 spiro atoms. The summed E-state index contributed by atoms with van der Waals surface area (Å²) >= 11 is 18.6. The van der Waals surface area contributed by atoms with Gasteiger partial charge in [-0.05, 0) is 59.7 Å². The first kappa shape index (κ1) is 23.8. The molecule has 0 aliphatic carbocycles. The van der Waals surface area contributed by atoms with Gasteiger partial charge in [0.2, 0.25) is 0 Å². The van der Waals surface area contributed by atoms with E-state index >= 15 is 0 Å². The fourth-order valence-electron chi connectivity index (χ4n) is 3.62. The van der Waals surface area contributed by atoms with E-state index in [-0.39, 0.29) is 0 Å². The topological polar surface area (TPSA) is 43.0 Å². The number of hydrogen-bond donors (Lipinski definition) is 1. The smallest absolute Gasteiger partial charge is 0.180 e. The van der Waals surface area contributed by atoms with Crippen molar-refractivity contribution in [1.82, 2.24) is 0 Å². The maximum Gasteiger partial charge on any atom is 0.180 e. The van der Waals surface area contributed by atoms with E-state index < -0.39 is 0 Å². The van der Waals surface area contributed by atoms with Crippen molar-refractivity contribution in [3.63, 3.8) is 0 Å². The van der Waals surface area contributed by atoms with Crippen molar-refractivity contribution in [2.45, 2.75) is 13.2 Å². The molecule has 0 aromatic heterocycles. The molecular formula is C25H25Cl3N2O3. The monoisotopic (exact) mass is 506 g/mol. The molecule has 3 aromatic rings. The lowest BCUT2D eigenvalue weighted by Gasteiger charge is -2.29. The standard InChI is InChI=1S/C25H25Cl3N2O3/c1-31-24-14-18(13-23(28)25(24)33-16-17-2-7-21(26)22(27)12-17)15-29-19-3-5-20(6-4-19)30-8-10-32-11-9-30/h2-7,12-14,29H,8-11,15-16H2,1H3. The summed E-state index contributed by atoms with van der Waals surface area (Å²) in [6, 6.07) is 17.6. The highest BCUT2D eigenvalue weighted by Gasteiger charge is 2.14. The van der Waals surface area contributed by atoms with E-state index in [4.69, 9.17) is 49.0 Å². The van der Waals surface area contributed by atoms with Crippen LogP contribution in [0.3, 0.4) is 0 Å². The zero-order chi connectivity index (χ0) is 23.2. The second-order valence-corrected chi connectivity index (χ2v) is 8.87. The molecular weight excluding hydrogens is 483 g/mol. The molecule has 1 heterocycles. The van der Waals surface area contributed by atoms with Gasteiger partial charge in [0, 0.05) is 31.0 Å². The third-order valence-electron chi connectivity index (χ3n) is 5.40. The minimum Gasteiger partial charge on any atom is -0.493 e. The van der Waals surface area contributed by atoms with Crippen LogP contribution >= 0.6 is 34.8 Å². The average molecular weight is 508 g/mol. The maximum atomic E-state index is 6.53. The lowest BCUT2D eigenvalue weighted by molar-refractivity contribution is 0.122. The van der Waals surface area contributed by atoms with Crippen molar-refractivity contribution < 1.29 is 14.2 Å². The number of hydrogen-bond acceptors (Lipinski definition) is 5. The number of ether oxygens (including phenoxy) is 3. The quantitative estimate of drug-likeness (QED) is 0.368. The first-order valence-corrected chi connectivity index (χ1v) is 11.8. The summed E-state index contributed by atoms with van der Waals surface area (Å²) in [4.78, 5) is 2.33. The van der Waals surface area contributed by atoms with E-state index in [1.54, 1.807) is 19.2 Å². The molecule has 8 heteroatoms. The minimum atomic E-state index is 0.292.